The van der Waals surface area contributed by atoms with E-state index in [1.165, 1.54) is 23.9 Å². The molecule has 1 aliphatic rings. The van der Waals surface area contributed by atoms with Crippen LogP contribution in [0, 0.1) is 0 Å². The fourth-order valence-corrected chi connectivity index (χ4v) is 5.41. The summed E-state index contributed by atoms with van der Waals surface area (Å²) in [5.41, 5.74) is 3.91. The highest BCUT2D eigenvalue weighted by Crippen LogP contribution is 2.36. The first-order valence-corrected chi connectivity index (χ1v) is 13.0. The van der Waals surface area contributed by atoms with Gasteiger partial charge in [0.15, 0.2) is 0 Å². The van der Waals surface area contributed by atoms with Crippen molar-refractivity contribution in [1.82, 2.24) is 15.1 Å². The average molecular weight is 546 g/mol. The van der Waals surface area contributed by atoms with E-state index >= 15 is 0 Å². The van der Waals surface area contributed by atoms with Crippen molar-refractivity contribution in [2.75, 3.05) is 20.3 Å². The van der Waals surface area contributed by atoms with E-state index in [9.17, 15) is 9.59 Å². The number of nitrogens with zero attached hydrogens (tertiary/aromatic N) is 2. The molecular formula is C28H23N3O5S2. The molecule has 1 aliphatic heterocycles. The maximum atomic E-state index is 13.1. The van der Waals surface area contributed by atoms with Crippen LogP contribution in [0.15, 0.2) is 71.8 Å². The van der Waals surface area contributed by atoms with Crippen molar-refractivity contribution in [2.45, 2.75) is 6.42 Å². The van der Waals surface area contributed by atoms with Crippen molar-refractivity contribution in [2.24, 2.45) is 0 Å². The molecule has 2 N–H and O–H groups in total. The van der Waals surface area contributed by atoms with Crippen LogP contribution in [-0.4, -0.2) is 56.7 Å². The maximum absolute atomic E-state index is 13.1. The van der Waals surface area contributed by atoms with Gasteiger partial charge < -0.3 is 14.6 Å². The summed E-state index contributed by atoms with van der Waals surface area (Å²) in [4.78, 5) is 26.2. The Morgan fingerprint density at radius 2 is 1.97 bits per heavy atom. The predicted molar refractivity (Wildman–Crippen MR) is 151 cm³/mol. The summed E-state index contributed by atoms with van der Waals surface area (Å²) in [7, 11) is 1.63. The van der Waals surface area contributed by atoms with Gasteiger partial charge in [-0.25, -0.2) is 4.79 Å². The second-order valence-corrected chi connectivity index (χ2v) is 10.2. The zero-order chi connectivity index (χ0) is 26.6. The van der Waals surface area contributed by atoms with Crippen LogP contribution in [0.3, 0.4) is 0 Å². The minimum Gasteiger partial charge on any atom is -0.496 e. The standard InChI is InChI=1S/C28H23N3O5S2/c1-35-24-10-3-17(13-22(24)19-6-9-23-20(15-19)16-29-30-23)14-25-26(32)31(28(37)38-25)11-2-12-36-21-7-4-18(5-8-21)27(33)34/h3-10,13-16H,2,11-12H2,1H3,(H,29,30)(H,33,34). The number of amides is 1. The van der Waals surface area contributed by atoms with Gasteiger partial charge >= 0.3 is 5.97 Å². The summed E-state index contributed by atoms with van der Waals surface area (Å²) in [5, 5.41) is 17.0. The topological polar surface area (TPSA) is 105 Å². The number of carbonyl (C=O) groups excluding carboxylic acids is 1. The minimum atomic E-state index is -0.986. The Morgan fingerprint density at radius 3 is 2.74 bits per heavy atom. The molecule has 38 heavy (non-hydrogen) atoms. The molecule has 2 heterocycles. The maximum Gasteiger partial charge on any atom is 0.335 e. The number of thiocarbonyl (C=S) groups is 1. The number of hydrogen-bond acceptors (Lipinski definition) is 7. The van der Waals surface area contributed by atoms with Crippen molar-refractivity contribution < 1.29 is 24.2 Å². The van der Waals surface area contributed by atoms with Gasteiger partial charge in [-0.2, -0.15) is 5.10 Å². The molecule has 5 rings (SSSR count). The lowest BCUT2D eigenvalue weighted by molar-refractivity contribution is -0.122. The highest BCUT2D eigenvalue weighted by molar-refractivity contribution is 8.26. The normalized spacial score (nSPS) is 14.4. The molecule has 192 valence electrons. The Hall–Kier alpha value is -4.15. The van der Waals surface area contributed by atoms with Crippen LogP contribution in [0.1, 0.15) is 22.3 Å². The SMILES string of the molecule is COc1ccc(C=C2SC(=S)N(CCCOc3ccc(C(=O)O)cc3)C2=O)cc1-c1ccc2[nH]ncc2c1. The van der Waals surface area contributed by atoms with E-state index < -0.39 is 5.97 Å². The van der Waals surface area contributed by atoms with Gasteiger partial charge in [0.1, 0.15) is 15.8 Å². The Balaban J connectivity index is 1.26. The van der Waals surface area contributed by atoms with Gasteiger partial charge in [-0.15, -0.1) is 0 Å². The Bertz CT molecular complexity index is 1560. The molecule has 3 aromatic carbocycles. The number of hydrogen-bond donors (Lipinski definition) is 2. The molecule has 0 aliphatic carbocycles. The number of aromatic nitrogens is 2. The molecule has 0 spiro atoms. The number of carboxylic acids is 1. The van der Waals surface area contributed by atoms with Crippen LogP contribution in [0.4, 0.5) is 0 Å². The van der Waals surface area contributed by atoms with Crippen LogP contribution in [-0.2, 0) is 4.79 Å². The van der Waals surface area contributed by atoms with Crippen molar-refractivity contribution in [3.8, 4) is 22.6 Å². The number of rotatable bonds is 9. The molecule has 0 saturated carbocycles. The Labute approximate surface area is 228 Å². The lowest BCUT2D eigenvalue weighted by Crippen LogP contribution is -2.29. The second kappa shape index (κ2) is 11.1. The van der Waals surface area contributed by atoms with Gasteiger partial charge in [0, 0.05) is 17.5 Å². The van der Waals surface area contributed by atoms with E-state index in [1.54, 1.807) is 30.3 Å². The van der Waals surface area contributed by atoms with Crippen LogP contribution in [0.2, 0.25) is 0 Å². The first kappa shape index (κ1) is 25.5. The molecule has 4 aromatic rings. The number of aromatic amines is 1. The first-order chi connectivity index (χ1) is 18.4. The van der Waals surface area contributed by atoms with Crippen LogP contribution in [0.5, 0.6) is 11.5 Å². The van der Waals surface area contributed by atoms with Gasteiger partial charge in [-0.05, 0) is 72.2 Å². The summed E-state index contributed by atoms with van der Waals surface area (Å²) in [6.07, 6.45) is 4.20. The zero-order valence-corrected chi connectivity index (χ0v) is 22.0. The molecule has 0 atom stereocenters. The van der Waals surface area contributed by atoms with E-state index in [0.717, 1.165) is 33.3 Å². The number of ether oxygens (including phenoxy) is 2. The summed E-state index contributed by atoms with van der Waals surface area (Å²) in [5.74, 6) is 0.182. The molecule has 8 nitrogen and oxygen atoms in total. The van der Waals surface area contributed by atoms with Crippen LogP contribution >= 0.6 is 24.0 Å². The summed E-state index contributed by atoms with van der Waals surface area (Å²) in [6, 6.07) is 18.0. The van der Waals surface area contributed by atoms with E-state index in [0.29, 0.717) is 34.5 Å². The fraction of sp³-hybridized carbons (Fsp3) is 0.143. The summed E-state index contributed by atoms with van der Waals surface area (Å²) >= 11 is 6.75. The number of carboxylic acid groups (broad SMARTS) is 1. The number of H-pyrrole nitrogens is 1. The molecule has 0 bridgehead atoms. The number of methoxy groups -OCH3 is 1. The quantitative estimate of drug-likeness (QED) is 0.159. The molecular weight excluding hydrogens is 522 g/mol. The van der Waals surface area contributed by atoms with Crippen LogP contribution < -0.4 is 9.47 Å². The Kier molecular flexibility index (Phi) is 7.43. The van der Waals surface area contributed by atoms with Crippen molar-refractivity contribution in [3.05, 3.63) is 82.9 Å². The largest absolute Gasteiger partial charge is 0.496 e. The molecule has 0 radical (unpaired) electrons. The van der Waals surface area contributed by atoms with Gasteiger partial charge in [0.2, 0.25) is 0 Å². The van der Waals surface area contributed by atoms with Gasteiger partial charge in [0.25, 0.3) is 5.91 Å². The van der Waals surface area contributed by atoms with E-state index in [1.807, 2.05) is 42.5 Å². The van der Waals surface area contributed by atoms with Crippen molar-refractivity contribution in [1.29, 1.82) is 0 Å². The van der Waals surface area contributed by atoms with Gasteiger partial charge in [0.05, 0.1) is 35.9 Å². The number of aromatic carboxylic acids is 1. The van der Waals surface area contributed by atoms with Crippen molar-refractivity contribution in [3.63, 3.8) is 0 Å². The zero-order valence-electron chi connectivity index (χ0n) is 20.3. The van der Waals surface area contributed by atoms with Crippen LogP contribution in [0.25, 0.3) is 28.1 Å². The smallest absolute Gasteiger partial charge is 0.335 e. The molecule has 1 saturated heterocycles. The Morgan fingerprint density at radius 1 is 1.16 bits per heavy atom. The average Bonchev–Trinajstić information content (AvgIpc) is 3.50. The highest BCUT2D eigenvalue weighted by Gasteiger charge is 2.31. The summed E-state index contributed by atoms with van der Waals surface area (Å²) in [6.45, 7) is 0.791. The third-order valence-electron chi connectivity index (χ3n) is 6.04. The minimum absolute atomic E-state index is 0.136. The lowest BCUT2D eigenvalue weighted by Gasteiger charge is -2.14. The number of nitrogens with one attached hydrogen (secondary N) is 1. The van der Waals surface area contributed by atoms with Gasteiger partial charge in [-0.1, -0.05) is 36.1 Å². The highest BCUT2D eigenvalue weighted by atomic mass is 32.2. The molecule has 10 heteroatoms. The summed E-state index contributed by atoms with van der Waals surface area (Å²) < 4.78 is 11.8. The number of thioether (sulfide) groups is 1. The third kappa shape index (κ3) is 5.41. The van der Waals surface area contributed by atoms with E-state index in [-0.39, 0.29) is 11.5 Å². The second-order valence-electron chi connectivity index (χ2n) is 8.50. The predicted octanol–water partition coefficient (Wildman–Crippen LogP) is 5.61. The lowest BCUT2D eigenvalue weighted by atomic mass is 10.0. The number of benzene rings is 3. The van der Waals surface area contributed by atoms with Gasteiger partial charge in [-0.3, -0.25) is 14.8 Å². The number of carbonyl (C=O) groups is 2. The van der Waals surface area contributed by atoms with Crippen molar-refractivity contribution >= 4 is 57.2 Å². The van der Waals surface area contributed by atoms with E-state index in [2.05, 4.69) is 10.2 Å². The molecule has 1 amide bonds. The monoisotopic (exact) mass is 545 g/mol. The third-order valence-corrected chi connectivity index (χ3v) is 7.42. The molecule has 0 unspecified atom stereocenters. The molecule has 1 aromatic heterocycles. The van der Waals surface area contributed by atoms with E-state index in [4.69, 9.17) is 26.8 Å². The molecule has 1 fully saturated rings. The fourth-order valence-electron chi connectivity index (χ4n) is 4.10. The number of fused-ring (bicyclic) bond motifs is 1. The first-order valence-electron chi connectivity index (χ1n) is 11.8.